The van der Waals surface area contributed by atoms with Gasteiger partial charge in [-0.15, -0.1) is 0 Å². The molecule has 2 heterocycles. The van der Waals surface area contributed by atoms with Gasteiger partial charge in [0.2, 0.25) is 0 Å². The first kappa shape index (κ1) is 15.7. The summed E-state index contributed by atoms with van der Waals surface area (Å²) in [5.74, 6) is 2.44. The van der Waals surface area contributed by atoms with Crippen LogP contribution < -0.4 is 0 Å². The summed E-state index contributed by atoms with van der Waals surface area (Å²) in [6, 6.07) is 10.2. The van der Waals surface area contributed by atoms with Gasteiger partial charge in [0.1, 0.15) is 11.6 Å². The number of aryl methyl sites for hydroxylation is 2. The van der Waals surface area contributed by atoms with Crippen LogP contribution in [0.1, 0.15) is 35.6 Å². The fourth-order valence-electron chi connectivity index (χ4n) is 3.43. The summed E-state index contributed by atoms with van der Waals surface area (Å²) in [6.07, 6.45) is 2.43. The second kappa shape index (κ2) is 6.93. The van der Waals surface area contributed by atoms with E-state index in [2.05, 4.69) is 27.1 Å². The second-order valence-corrected chi connectivity index (χ2v) is 6.40. The van der Waals surface area contributed by atoms with Gasteiger partial charge in [-0.1, -0.05) is 18.2 Å². The quantitative estimate of drug-likeness (QED) is 0.871. The van der Waals surface area contributed by atoms with Crippen molar-refractivity contribution >= 4 is 0 Å². The molecule has 1 saturated heterocycles. The largest absolute Gasteiger partial charge is 0.299 e. The minimum Gasteiger partial charge on any atom is -0.299 e. The van der Waals surface area contributed by atoms with E-state index in [0.29, 0.717) is 5.92 Å². The number of piperidine rings is 1. The van der Waals surface area contributed by atoms with E-state index in [9.17, 15) is 5.26 Å². The summed E-state index contributed by atoms with van der Waals surface area (Å²) in [7, 11) is 0. The molecule has 0 saturated carbocycles. The maximum absolute atomic E-state index is 9.24. The molecule has 1 aliphatic heterocycles. The molecule has 0 amide bonds. The Hall–Kier alpha value is -2.19. The lowest BCUT2D eigenvalue weighted by atomic mass is 9.97. The number of benzene rings is 1. The van der Waals surface area contributed by atoms with Crippen molar-refractivity contribution in [1.29, 1.82) is 5.26 Å². The predicted octanol–water partition coefficient (Wildman–Crippen LogP) is 2.68. The highest BCUT2D eigenvalue weighted by molar-refractivity contribution is 5.37. The molecule has 1 aromatic heterocycles. The third kappa shape index (κ3) is 3.77. The number of rotatable bonds is 4. The Labute approximate surface area is 137 Å². The highest BCUT2D eigenvalue weighted by atomic mass is 15.3. The van der Waals surface area contributed by atoms with Gasteiger partial charge >= 0.3 is 0 Å². The smallest absolute Gasteiger partial charge is 0.147 e. The number of hydrogen-bond acceptors (Lipinski definition) is 4. The normalized spacial score (nSPS) is 18.7. The Morgan fingerprint density at radius 3 is 2.87 bits per heavy atom. The van der Waals surface area contributed by atoms with Gasteiger partial charge < -0.3 is 0 Å². The average molecular weight is 309 g/mol. The lowest BCUT2D eigenvalue weighted by Crippen LogP contribution is -2.37. The molecule has 23 heavy (non-hydrogen) atoms. The molecular formula is C18H23N5. The van der Waals surface area contributed by atoms with Gasteiger partial charge in [0.05, 0.1) is 11.6 Å². The molecule has 0 aliphatic carbocycles. The second-order valence-electron chi connectivity index (χ2n) is 6.40. The average Bonchev–Trinajstić information content (AvgIpc) is 2.86. The van der Waals surface area contributed by atoms with E-state index in [4.69, 9.17) is 0 Å². The zero-order chi connectivity index (χ0) is 16.2. The van der Waals surface area contributed by atoms with E-state index in [1.165, 1.54) is 12.8 Å². The molecule has 1 fully saturated rings. The van der Waals surface area contributed by atoms with Crippen LogP contribution in [0.3, 0.4) is 0 Å². The van der Waals surface area contributed by atoms with Crippen molar-refractivity contribution in [2.24, 2.45) is 5.92 Å². The topological polar surface area (TPSA) is 57.7 Å². The van der Waals surface area contributed by atoms with Crippen molar-refractivity contribution in [3.05, 3.63) is 47.0 Å². The number of hydrogen-bond donors (Lipinski definition) is 0. The van der Waals surface area contributed by atoms with E-state index in [1.807, 2.05) is 36.7 Å². The van der Waals surface area contributed by atoms with Crippen molar-refractivity contribution in [3.63, 3.8) is 0 Å². The summed E-state index contributed by atoms with van der Waals surface area (Å²) < 4.78 is 2.03. The summed E-state index contributed by atoms with van der Waals surface area (Å²) >= 11 is 0. The Kier molecular flexibility index (Phi) is 4.73. The van der Waals surface area contributed by atoms with Gasteiger partial charge in [-0.25, -0.2) is 9.67 Å². The first-order chi connectivity index (χ1) is 11.2. The Morgan fingerprint density at radius 1 is 1.30 bits per heavy atom. The molecule has 5 heteroatoms. The van der Waals surface area contributed by atoms with Gasteiger partial charge in [-0.3, -0.25) is 4.90 Å². The molecule has 0 N–H and O–H groups in total. The highest BCUT2D eigenvalue weighted by Crippen LogP contribution is 2.21. The minimum atomic E-state index is 0.595. The molecule has 1 aliphatic rings. The number of aromatic nitrogens is 3. The standard InChI is InChI=1S/C18H23N5/c1-14-20-15(2)23(21-14)12-16-6-5-9-22(11-16)13-18-8-4-3-7-17(18)10-19/h3-4,7-8,16H,5-6,9,11-13H2,1-2H3/t16-/m1/s1. The monoisotopic (exact) mass is 309 g/mol. The Morgan fingerprint density at radius 2 is 2.13 bits per heavy atom. The Bertz CT molecular complexity index is 712. The summed E-state index contributed by atoms with van der Waals surface area (Å²) in [4.78, 5) is 6.85. The first-order valence-electron chi connectivity index (χ1n) is 8.24. The fraction of sp³-hybridized carbons (Fsp3) is 0.500. The first-order valence-corrected chi connectivity index (χ1v) is 8.24. The maximum Gasteiger partial charge on any atom is 0.147 e. The van der Waals surface area contributed by atoms with Crippen LogP contribution in [0.15, 0.2) is 24.3 Å². The molecule has 3 rings (SSSR count). The summed E-state index contributed by atoms with van der Waals surface area (Å²) in [6.45, 7) is 7.90. The van der Waals surface area contributed by atoms with E-state index in [-0.39, 0.29) is 0 Å². The van der Waals surface area contributed by atoms with Crippen LogP contribution in [-0.4, -0.2) is 32.8 Å². The SMILES string of the molecule is Cc1nc(C)n(C[C@@H]2CCCN(Cc3ccccc3C#N)C2)n1. The van der Waals surface area contributed by atoms with Gasteiger partial charge in [-0.2, -0.15) is 10.4 Å². The highest BCUT2D eigenvalue weighted by Gasteiger charge is 2.22. The molecule has 0 radical (unpaired) electrons. The van der Waals surface area contributed by atoms with Crippen LogP contribution >= 0.6 is 0 Å². The minimum absolute atomic E-state index is 0.595. The Balaban J connectivity index is 1.64. The van der Waals surface area contributed by atoms with Gasteiger partial charge in [-0.05, 0) is 50.8 Å². The molecule has 1 atom stereocenters. The maximum atomic E-state index is 9.24. The number of nitrogens with zero attached hydrogens (tertiary/aromatic N) is 5. The van der Waals surface area contributed by atoms with E-state index in [1.54, 1.807) is 0 Å². The zero-order valence-corrected chi connectivity index (χ0v) is 13.9. The van der Waals surface area contributed by atoms with Gasteiger partial charge in [0.15, 0.2) is 0 Å². The van der Waals surface area contributed by atoms with E-state index >= 15 is 0 Å². The summed E-state index contributed by atoms with van der Waals surface area (Å²) in [5, 5.41) is 13.7. The van der Waals surface area contributed by atoms with Crippen molar-refractivity contribution < 1.29 is 0 Å². The van der Waals surface area contributed by atoms with Crippen LogP contribution in [0.5, 0.6) is 0 Å². The van der Waals surface area contributed by atoms with Crippen molar-refractivity contribution in [1.82, 2.24) is 19.7 Å². The third-order valence-electron chi connectivity index (χ3n) is 4.53. The van der Waals surface area contributed by atoms with Gasteiger partial charge in [0, 0.05) is 19.6 Å². The number of nitriles is 1. The predicted molar refractivity (Wildman–Crippen MR) is 88.7 cm³/mol. The molecule has 0 spiro atoms. The van der Waals surface area contributed by atoms with Crippen LogP contribution in [0.25, 0.3) is 0 Å². The fourth-order valence-corrected chi connectivity index (χ4v) is 3.43. The molecule has 120 valence electrons. The molecule has 5 nitrogen and oxygen atoms in total. The van der Waals surface area contributed by atoms with Crippen molar-refractivity contribution in [2.75, 3.05) is 13.1 Å². The molecule has 2 aromatic rings. The molecular weight excluding hydrogens is 286 g/mol. The summed E-state index contributed by atoms with van der Waals surface area (Å²) in [5.41, 5.74) is 1.92. The van der Waals surface area contributed by atoms with E-state index < -0.39 is 0 Å². The molecule has 0 unspecified atom stereocenters. The third-order valence-corrected chi connectivity index (χ3v) is 4.53. The van der Waals surface area contributed by atoms with Crippen molar-refractivity contribution in [3.8, 4) is 6.07 Å². The zero-order valence-electron chi connectivity index (χ0n) is 13.9. The lowest BCUT2D eigenvalue weighted by molar-refractivity contribution is 0.152. The van der Waals surface area contributed by atoms with Crippen LogP contribution in [0.4, 0.5) is 0 Å². The number of likely N-dealkylation sites (tertiary alicyclic amines) is 1. The molecule has 1 aromatic carbocycles. The van der Waals surface area contributed by atoms with Crippen LogP contribution in [-0.2, 0) is 13.1 Å². The van der Waals surface area contributed by atoms with Crippen molar-refractivity contribution in [2.45, 2.75) is 39.8 Å². The lowest BCUT2D eigenvalue weighted by Gasteiger charge is -2.33. The van der Waals surface area contributed by atoms with Gasteiger partial charge in [0.25, 0.3) is 0 Å². The van der Waals surface area contributed by atoms with E-state index in [0.717, 1.165) is 49.0 Å². The van der Waals surface area contributed by atoms with Crippen LogP contribution in [0, 0.1) is 31.1 Å². The molecule has 0 bridgehead atoms. The van der Waals surface area contributed by atoms with Crippen LogP contribution in [0.2, 0.25) is 0 Å².